The monoisotopic (exact) mass is 377 g/mol. The Morgan fingerprint density at radius 1 is 1.18 bits per heavy atom. The van der Waals surface area contributed by atoms with E-state index in [2.05, 4.69) is 15.1 Å². The Balaban J connectivity index is 1.54. The largest absolute Gasteiger partial charge is 0.457 e. The van der Waals surface area contributed by atoms with Crippen LogP contribution >= 0.6 is 0 Å². The van der Waals surface area contributed by atoms with Crippen LogP contribution in [0.1, 0.15) is 12.7 Å². The summed E-state index contributed by atoms with van der Waals surface area (Å²) in [6, 6.07) is 13.3. The molecule has 0 saturated heterocycles. The van der Waals surface area contributed by atoms with Crippen LogP contribution in [0, 0.1) is 10.1 Å². The van der Waals surface area contributed by atoms with Crippen molar-refractivity contribution in [2.45, 2.75) is 13.3 Å². The summed E-state index contributed by atoms with van der Waals surface area (Å²) in [6.07, 6.45) is 4.13. The van der Waals surface area contributed by atoms with Gasteiger partial charge in [-0.05, 0) is 24.3 Å². The molecule has 2 heterocycles. The van der Waals surface area contributed by atoms with Crippen LogP contribution in [0.2, 0.25) is 0 Å². The van der Waals surface area contributed by atoms with Gasteiger partial charge < -0.3 is 13.8 Å². The number of nitro benzene ring substituents is 1. The van der Waals surface area contributed by atoms with Crippen molar-refractivity contribution in [3.8, 4) is 28.8 Å². The highest BCUT2D eigenvalue weighted by Crippen LogP contribution is 2.26. The van der Waals surface area contributed by atoms with Crippen molar-refractivity contribution in [3.63, 3.8) is 0 Å². The average molecular weight is 377 g/mol. The fourth-order valence-corrected chi connectivity index (χ4v) is 2.56. The van der Waals surface area contributed by atoms with E-state index < -0.39 is 4.92 Å². The molecule has 0 aliphatic carbocycles. The van der Waals surface area contributed by atoms with Gasteiger partial charge in [0.05, 0.1) is 10.6 Å². The van der Waals surface area contributed by atoms with Crippen molar-refractivity contribution in [1.82, 2.24) is 19.7 Å². The topological polar surface area (TPSA) is 109 Å². The van der Waals surface area contributed by atoms with Crippen LogP contribution in [0.25, 0.3) is 17.3 Å². The van der Waals surface area contributed by atoms with Gasteiger partial charge >= 0.3 is 0 Å². The third-order valence-corrected chi connectivity index (χ3v) is 3.99. The van der Waals surface area contributed by atoms with Gasteiger partial charge in [-0.1, -0.05) is 18.1 Å². The highest BCUT2D eigenvalue weighted by Gasteiger charge is 2.12. The van der Waals surface area contributed by atoms with Crippen LogP contribution < -0.4 is 4.74 Å². The molecular formula is C19H15N5O4. The lowest BCUT2D eigenvalue weighted by Crippen LogP contribution is -1.92. The van der Waals surface area contributed by atoms with E-state index in [1.165, 1.54) is 12.1 Å². The molecule has 9 nitrogen and oxygen atoms in total. The summed E-state index contributed by atoms with van der Waals surface area (Å²) in [5.74, 6) is 2.09. The zero-order chi connectivity index (χ0) is 19.5. The Bertz CT molecular complexity index is 1120. The highest BCUT2D eigenvalue weighted by molar-refractivity contribution is 5.48. The van der Waals surface area contributed by atoms with Crippen molar-refractivity contribution < 1.29 is 14.2 Å². The zero-order valence-corrected chi connectivity index (χ0v) is 14.8. The summed E-state index contributed by atoms with van der Waals surface area (Å²) in [5.41, 5.74) is 1.42. The first-order valence-corrected chi connectivity index (χ1v) is 8.52. The summed E-state index contributed by atoms with van der Waals surface area (Å²) < 4.78 is 12.8. The molecule has 0 N–H and O–H groups in total. The molecule has 4 rings (SSSR count). The van der Waals surface area contributed by atoms with Gasteiger partial charge in [-0.25, -0.2) is 4.98 Å². The first-order valence-electron chi connectivity index (χ1n) is 8.52. The maximum absolute atomic E-state index is 10.7. The summed E-state index contributed by atoms with van der Waals surface area (Å²) in [4.78, 5) is 18.9. The summed E-state index contributed by atoms with van der Waals surface area (Å²) in [6.45, 7) is 1.95. The number of nitro groups is 1. The van der Waals surface area contributed by atoms with Gasteiger partial charge in [0.2, 0.25) is 0 Å². The van der Waals surface area contributed by atoms with Crippen LogP contribution in [0.15, 0.2) is 65.6 Å². The molecule has 9 heteroatoms. The van der Waals surface area contributed by atoms with E-state index >= 15 is 0 Å². The van der Waals surface area contributed by atoms with E-state index in [0.29, 0.717) is 35.3 Å². The maximum atomic E-state index is 10.7. The quantitative estimate of drug-likeness (QED) is 0.366. The van der Waals surface area contributed by atoms with E-state index in [1.807, 2.05) is 29.7 Å². The van der Waals surface area contributed by atoms with Gasteiger partial charge in [0.15, 0.2) is 5.82 Å². The van der Waals surface area contributed by atoms with Crippen LogP contribution in [0.4, 0.5) is 5.69 Å². The van der Waals surface area contributed by atoms with E-state index in [1.54, 1.807) is 30.7 Å². The van der Waals surface area contributed by atoms with Crippen LogP contribution in [0.5, 0.6) is 11.5 Å². The fraction of sp³-hybridized carbons (Fsp3) is 0.105. The first kappa shape index (κ1) is 17.4. The van der Waals surface area contributed by atoms with Crippen molar-refractivity contribution in [1.29, 1.82) is 0 Å². The SMILES string of the molecule is CCc1noc(-c2cn(-c3cccc(Oc4ccc([N+](=O)[O-])cc4)c3)cn2)n1. The molecular weight excluding hydrogens is 362 g/mol. The fourth-order valence-electron chi connectivity index (χ4n) is 2.56. The predicted molar refractivity (Wildman–Crippen MR) is 99.4 cm³/mol. The zero-order valence-electron chi connectivity index (χ0n) is 14.8. The van der Waals surface area contributed by atoms with Crippen LogP contribution in [-0.4, -0.2) is 24.6 Å². The third-order valence-electron chi connectivity index (χ3n) is 3.99. The summed E-state index contributed by atoms with van der Waals surface area (Å²) in [7, 11) is 0. The first-order chi connectivity index (χ1) is 13.6. The normalized spacial score (nSPS) is 10.8. The van der Waals surface area contributed by atoms with Gasteiger partial charge in [-0.3, -0.25) is 10.1 Å². The predicted octanol–water partition coefficient (Wildman–Crippen LogP) is 4.19. The molecule has 0 amide bonds. The minimum atomic E-state index is -0.451. The second-order valence-electron chi connectivity index (χ2n) is 5.89. The number of non-ortho nitro benzene ring substituents is 1. The summed E-state index contributed by atoms with van der Waals surface area (Å²) in [5, 5.41) is 14.6. The van der Waals surface area contributed by atoms with E-state index in [9.17, 15) is 10.1 Å². The summed E-state index contributed by atoms with van der Waals surface area (Å²) >= 11 is 0. The molecule has 2 aromatic heterocycles. The highest BCUT2D eigenvalue weighted by atomic mass is 16.6. The average Bonchev–Trinajstić information content (AvgIpc) is 3.38. The molecule has 0 fully saturated rings. The van der Waals surface area contributed by atoms with Crippen molar-refractivity contribution in [3.05, 3.63) is 77.0 Å². The van der Waals surface area contributed by atoms with Gasteiger partial charge in [0.1, 0.15) is 23.5 Å². The molecule has 28 heavy (non-hydrogen) atoms. The number of hydrogen-bond acceptors (Lipinski definition) is 7. The standard InChI is InChI=1S/C19H15N5O4/c1-2-18-21-19(28-22-18)17-11-23(12-20-17)14-4-3-5-16(10-14)27-15-8-6-13(7-9-15)24(25)26/h3-12H,2H2,1H3. The van der Waals surface area contributed by atoms with E-state index in [-0.39, 0.29) is 5.69 Å². The molecule has 0 bridgehead atoms. The number of rotatable bonds is 6. The Labute approximate surface area is 159 Å². The lowest BCUT2D eigenvalue weighted by atomic mass is 10.3. The molecule has 4 aromatic rings. The van der Waals surface area contributed by atoms with Gasteiger partial charge in [0.25, 0.3) is 11.6 Å². The number of benzene rings is 2. The second-order valence-corrected chi connectivity index (χ2v) is 5.89. The molecule has 0 unspecified atom stereocenters. The lowest BCUT2D eigenvalue weighted by molar-refractivity contribution is -0.384. The van der Waals surface area contributed by atoms with Gasteiger partial charge in [-0.2, -0.15) is 4.98 Å². The number of aromatic nitrogens is 4. The molecule has 0 radical (unpaired) electrons. The van der Waals surface area contributed by atoms with Crippen molar-refractivity contribution >= 4 is 5.69 Å². The van der Waals surface area contributed by atoms with E-state index in [4.69, 9.17) is 9.26 Å². The third kappa shape index (κ3) is 3.58. The Morgan fingerprint density at radius 3 is 2.71 bits per heavy atom. The smallest absolute Gasteiger partial charge is 0.278 e. The number of aryl methyl sites for hydroxylation is 1. The van der Waals surface area contributed by atoms with E-state index in [0.717, 1.165) is 5.69 Å². The van der Waals surface area contributed by atoms with Crippen molar-refractivity contribution in [2.75, 3.05) is 0 Å². The van der Waals surface area contributed by atoms with Gasteiger partial charge in [-0.15, -0.1) is 0 Å². The molecule has 0 spiro atoms. The lowest BCUT2D eigenvalue weighted by Gasteiger charge is -2.08. The molecule has 2 aromatic carbocycles. The van der Waals surface area contributed by atoms with Gasteiger partial charge in [0, 0.05) is 30.8 Å². The number of imidazole rings is 1. The molecule has 0 atom stereocenters. The molecule has 0 aliphatic rings. The molecule has 0 saturated carbocycles. The Hall–Kier alpha value is -4.01. The maximum Gasteiger partial charge on any atom is 0.278 e. The van der Waals surface area contributed by atoms with Crippen molar-refractivity contribution in [2.24, 2.45) is 0 Å². The number of ether oxygens (including phenoxy) is 1. The minimum absolute atomic E-state index is 0.0132. The second kappa shape index (κ2) is 7.31. The molecule has 140 valence electrons. The van der Waals surface area contributed by atoms with Crippen LogP contribution in [-0.2, 0) is 6.42 Å². The van der Waals surface area contributed by atoms with Crippen LogP contribution in [0.3, 0.4) is 0 Å². The Kier molecular flexibility index (Phi) is 4.55. The minimum Gasteiger partial charge on any atom is -0.457 e. The molecule has 0 aliphatic heterocycles. The number of hydrogen-bond donors (Lipinski definition) is 0. The number of nitrogens with zero attached hydrogens (tertiary/aromatic N) is 5. The Morgan fingerprint density at radius 2 is 2.00 bits per heavy atom.